The Morgan fingerprint density at radius 3 is 2.41 bits per heavy atom. The van der Waals surface area contributed by atoms with Crippen LogP contribution in [0.2, 0.25) is 5.28 Å². The fourth-order valence-corrected chi connectivity index (χ4v) is 1.96. The first-order chi connectivity index (χ1) is 8.10. The Hall–Kier alpha value is -1.10. The molecule has 6 heteroatoms. The molecule has 17 heavy (non-hydrogen) atoms. The lowest BCUT2D eigenvalue weighted by Crippen LogP contribution is -2.26. The lowest BCUT2D eigenvalue weighted by molar-refractivity contribution is 0.377. The zero-order valence-electron chi connectivity index (χ0n) is 10.7. The highest BCUT2D eigenvalue weighted by Gasteiger charge is 2.15. The molecule has 1 unspecified atom stereocenters. The van der Waals surface area contributed by atoms with Crippen molar-refractivity contribution < 1.29 is 4.74 Å². The van der Waals surface area contributed by atoms with Crippen LogP contribution in [0, 0.1) is 5.92 Å². The minimum Gasteiger partial charge on any atom is -0.467 e. The number of hydrogen-bond acceptors (Lipinski definition) is 5. The van der Waals surface area contributed by atoms with Gasteiger partial charge in [0, 0.05) is 6.04 Å². The molecule has 1 aromatic heterocycles. The number of nitrogens with one attached hydrogen (secondary N) is 1. The summed E-state index contributed by atoms with van der Waals surface area (Å²) in [7, 11) is 1.50. The van der Waals surface area contributed by atoms with Gasteiger partial charge in [0.1, 0.15) is 0 Å². The average Bonchev–Trinajstić information content (AvgIpc) is 2.29. The average molecular weight is 259 g/mol. The second kappa shape index (κ2) is 6.59. The van der Waals surface area contributed by atoms with Gasteiger partial charge >= 0.3 is 6.01 Å². The minimum atomic E-state index is 0.135. The van der Waals surface area contributed by atoms with Gasteiger partial charge in [0.05, 0.1) is 7.11 Å². The van der Waals surface area contributed by atoms with Crippen LogP contribution in [0.1, 0.15) is 33.6 Å². The monoisotopic (exact) mass is 258 g/mol. The molecular weight excluding hydrogens is 240 g/mol. The molecular formula is C11H19ClN4O. The highest BCUT2D eigenvalue weighted by molar-refractivity contribution is 6.28. The molecule has 96 valence electrons. The number of ether oxygens (including phenoxy) is 1. The Balaban J connectivity index is 2.76. The molecule has 1 N–H and O–H groups in total. The van der Waals surface area contributed by atoms with Crippen molar-refractivity contribution in [3.05, 3.63) is 5.28 Å². The van der Waals surface area contributed by atoms with Crippen LogP contribution in [0.4, 0.5) is 5.95 Å². The quantitative estimate of drug-likeness (QED) is 0.850. The molecule has 0 saturated carbocycles. The van der Waals surface area contributed by atoms with E-state index < -0.39 is 0 Å². The molecule has 0 radical (unpaired) electrons. The molecule has 0 aliphatic rings. The summed E-state index contributed by atoms with van der Waals surface area (Å²) in [6.07, 6.45) is 2.22. The minimum absolute atomic E-state index is 0.135. The van der Waals surface area contributed by atoms with E-state index in [0.29, 0.717) is 11.9 Å². The lowest BCUT2D eigenvalue weighted by Gasteiger charge is -2.22. The number of hydrogen-bond donors (Lipinski definition) is 1. The van der Waals surface area contributed by atoms with Gasteiger partial charge in [-0.25, -0.2) is 0 Å². The highest BCUT2D eigenvalue weighted by Crippen LogP contribution is 2.17. The Kier molecular flexibility index (Phi) is 5.41. The molecule has 0 fully saturated rings. The maximum Gasteiger partial charge on any atom is 0.322 e. The third kappa shape index (κ3) is 4.00. The Bertz CT molecular complexity index is 357. The third-order valence-electron chi connectivity index (χ3n) is 2.88. The van der Waals surface area contributed by atoms with Crippen LogP contribution in [-0.2, 0) is 0 Å². The Morgan fingerprint density at radius 2 is 1.88 bits per heavy atom. The number of halogens is 1. The van der Waals surface area contributed by atoms with Crippen molar-refractivity contribution in [2.45, 2.75) is 39.7 Å². The van der Waals surface area contributed by atoms with E-state index in [1.807, 2.05) is 0 Å². The van der Waals surface area contributed by atoms with Gasteiger partial charge in [-0.3, -0.25) is 0 Å². The molecule has 1 aromatic rings. The SMILES string of the molecule is CCC(CC)C(C)Nc1nc(Cl)nc(OC)n1. The molecule has 0 bridgehead atoms. The van der Waals surface area contributed by atoms with Gasteiger partial charge in [-0.05, 0) is 24.4 Å². The molecule has 5 nitrogen and oxygen atoms in total. The summed E-state index contributed by atoms with van der Waals surface area (Å²) in [5.74, 6) is 1.04. The molecule has 0 spiro atoms. The molecule has 0 saturated heterocycles. The molecule has 1 rings (SSSR count). The van der Waals surface area contributed by atoms with Gasteiger partial charge in [0.2, 0.25) is 11.2 Å². The van der Waals surface area contributed by atoms with Gasteiger partial charge < -0.3 is 10.1 Å². The predicted octanol–water partition coefficient (Wildman–Crippen LogP) is 2.77. The number of aromatic nitrogens is 3. The summed E-state index contributed by atoms with van der Waals surface area (Å²) in [6, 6.07) is 0.511. The molecule has 1 atom stereocenters. The Morgan fingerprint density at radius 1 is 1.24 bits per heavy atom. The number of methoxy groups -OCH3 is 1. The molecule has 0 aliphatic carbocycles. The van der Waals surface area contributed by atoms with E-state index in [9.17, 15) is 0 Å². The summed E-state index contributed by atoms with van der Waals surface area (Å²) in [6.45, 7) is 6.46. The third-order valence-corrected chi connectivity index (χ3v) is 3.05. The first kappa shape index (κ1) is 14.0. The van der Waals surface area contributed by atoms with Crippen LogP contribution in [0.3, 0.4) is 0 Å². The molecule has 0 aromatic carbocycles. The first-order valence-electron chi connectivity index (χ1n) is 5.82. The topological polar surface area (TPSA) is 59.9 Å². The van der Waals surface area contributed by atoms with Crippen LogP contribution in [0.25, 0.3) is 0 Å². The van der Waals surface area contributed by atoms with Crippen molar-refractivity contribution in [3.63, 3.8) is 0 Å². The van der Waals surface area contributed by atoms with Crippen molar-refractivity contribution in [2.24, 2.45) is 5.92 Å². The van der Waals surface area contributed by atoms with Crippen molar-refractivity contribution in [1.29, 1.82) is 0 Å². The maximum absolute atomic E-state index is 5.78. The van der Waals surface area contributed by atoms with Crippen LogP contribution in [0.5, 0.6) is 6.01 Å². The smallest absolute Gasteiger partial charge is 0.322 e. The van der Waals surface area contributed by atoms with E-state index >= 15 is 0 Å². The van der Waals surface area contributed by atoms with Crippen molar-refractivity contribution in [2.75, 3.05) is 12.4 Å². The lowest BCUT2D eigenvalue weighted by atomic mass is 9.96. The fraction of sp³-hybridized carbons (Fsp3) is 0.727. The maximum atomic E-state index is 5.78. The first-order valence-corrected chi connectivity index (χ1v) is 6.20. The zero-order valence-corrected chi connectivity index (χ0v) is 11.5. The van der Waals surface area contributed by atoms with Crippen molar-refractivity contribution in [1.82, 2.24) is 15.0 Å². The number of rotatable bonds is 6. The molecule has 0 aliphatic heterocycles. The van der Waals surface area contributed by atoms with E-state index in [4.69, 9.17) is 16.3 Å². The van der Waals surface area contributed by atoms with E-state index in [-0.39, 0.29) is 17.3 Å². The van der Waals surface area contributed by atoms with E-state index in [0.717, 1.165) is 12.8 Å². The molecule has 1 heterocycles. The normalized spacial score (nSPS) is 12.6. The van der Waals surface area contributed by atoms with Crippen molar-refractivity contribution in [3.8, 4) is 6.01 Å². The predicted molar refractivity (Wildman–Crippen MR) is 68.5 cm³/mol. The highest BCUT2D eigenvalue weighted by atomic mass is 35.5. The van der Waals surface area contributed by atoms with Gasteiger partial charge in [-0.2, -0.15) is 15.0 Å². The van der Waals surface area contributed by atoms with E-state index in [1.165, 1.54) is 7.11 Å². The van der Waals surface area contributed by atoms with E-state index in [2.05, 4.69) is 41.0 Å². The summed E-state index contributed by atoms with van der Waals surface area (Å²) in [4.78, 5) is 12.0. The van der Waals surface area contributed by atoms with Gasteiger partial charge in [-0.15, -0.1) is 0 Å². The zero-order chi connectivity index (χ0) is 12.8. The van der Waals surface area contributed by atoms with E-state index in [1.54, 1.807) is 0 Å². The van der Waals surface area contributed by atoms with Gasteiger partial charge in [-0.1, -0.05) is 26.7 Å². The summed E-state index contributed by atoms with van der Waals surface area (Å²) in [5, 5.41) is 3.37. The largest absolute Gasteiger partial charge is 0.467 e. The summed E-state index contributed by atoms with van der Waals surface area (Å²) >= 11 is 5.78. The van der Waals surface area contributed by atoms with Crippen LogP contribution >= 0.6 is 11.6 Å². The standard InChI is InChI=1S/C11H19ClN4O/c1-5-8(6-2)7(3)13-10-14-9(12)15-11(16-10)17-4/h7-8H,5-6H2,1-4H3,(H,13,14,15,16). The second-order valence-electron chi connectivity index (χ2n) is 3.92. The molecule has 0 amide bonds. The summed E-state index contributed by atoms with van der Waals surface area (Å²) < 4.78 is 4.94. The van der Waals surface area contributed by atoms with Crippen LogP contribution < -0.4 is 10.1 Å². The van der Waals surface area contributed by atoms with Crippen molar-refractivity contribution >= 4 is 17.5 Å². The number of nitrogens with zero attached hydrogens (tertiary/aromatic N) is 3. The Labute approximate surface area is 107 Å². The fourth-order valence-electron chi connectivity index (χ4n) is 1.81. The number of anilines is 1. The van der Waals surface area contributed by atoms with Crippen LogP contribution in [-0.4, -0.2) is 28.1 Å². The summed E-state index contributed by atoms with van der Waals surface area (Å²) in [5.41, 5.74) is 0. The van der Waals surface area contributed by atoms with Gasteiger partial charge in [0.25, 0.3) is 0 Å². The second-order valence-corrected chi connectivity index (χ2v) is 4.26. The van der Waals surface area contributed by atoms with Gasteiger partial charge in [0.15, 0.2) is 0 Å². The van der Waals surface area contributed by atoms with Crippen LogP contribution in [0.15, 0.2) is 0 Å².